The zero-order valence-electron chi connectivity index (χ0n) is 15.0. The maximum absolute atomic E-state index is 11.1. The summed E-state index contributed by atoms with van der Waals surface area (Å²) < 4.78 is 1.65. The Hall–Kier alpha value is -0.930. The van der Waals surface area contributed by atoms with Gasteiger partial charge in [-0.25, -0.2) is 0 Å². The molecule has 0 unspecified atom stereocenters. The molecule has 5 nitrogen and oxygen atoms in total. The highest BCUT2D eigenvalue weighted by molar-refractivity contribution is 7.82. The Labute approximate surface area is 169 Å². The van der Waals surface area contributed by atoms with Crippen molar-refractivity contribution in [3.05, 3.63) is 29.7 Å². The zero-order chi connectivity index (χ0) is 18.2. The minimum atomic E-state index is -0.0404. The molecule has 0 bridgehead atoms. The van der Waals surface area contributed by atoms with Gasteiger partial charge in [0, 0.05) is 18.5 Å². The van der Waals surface area contributed by atoms with Crippen molar-refractivity contribution in [3.8, 4) is 9.88 Å². The van der Waals surface area contributed by atoms with Crippen LogP contribution < -0.4 is 17.7 Å². The van der Waals surface area contributed by atoms with Crippen LogP contribution >= 0.6 is 35.3 Å². The van der Waals surface area contributed by atoms with E-state index in [1.807, 2.05) is 17.5 Å². The van der Waals surface area contributed by atoms with E-state index in [1.165, 1.54) is 11.3 Å². The molecule has 9 heteroatoms. The summed E-state index contributed by atoms with van der Waals surface area (Å²) in [5.41, 5.74) is 0.574. The normalized spacial score (nSPS) is 10.3. The second-order valence-electron chi connectivity index (χ2n) is 6.27. The number of aromatic nitrogens is 2. The second kappa shape index (κ2) is 11.6. The summed E-state index contributed by atoms with van der Waals surface area (Å²) in [6, 6.07) is 4.03. The molecule has 0 radical (unpaired) electrons. The predicted octanol–water partition coefficient (Wildman–Crippen LogP) is 0.334. The fourth-order valence-electron chi connectivity index (χ4n) is 1.62. The maximum atomic E-state index is 11.1. The number of halogens is 1. The molecule has 1 N–H and O–H groups in total. The highest BCUT2D eigenvalue weighted by Gasteiger charge is 2.06. The largest absolute Gasteiger partial charge is 1.00 e. The van der Waals surface area contributed by atoms with Crippen LogP contribution in [0.3, 0.4) is 0 Å². The molecule has 0 atom stereocenters. The third kappa shape index (κ3) is 10.6. The summed E-state index contributed by atoms with van der Waals surface area (Å²) in [6.07, 6.45) is 1.00. The summed E-state index contributed by atoms with van der Waals surface area (Å²) in [5, 5.41) is 13.6. The Balaban J connectivity index is 0.000000446. The molecule has 0 fully saturated rings. The van der Waals surface area contributed by atoms with E-state index in [4.69, 9.17) is 0 Å². The van der Waals surface area contributed by atoms with Crippen LogP contribution in [-0.2, 0) is 4.79 Å². The number of carbonyl (C=O) groups excluding carboxylic acids is 1. The quantitative estimate of drug-likeness (QED) is 0.306. The lowest BCUT2D eigenvalue weighted by molar-refractivity contribution is -0.870. The van der Waals surface area contributed by atoms with E-state index >= 15 is 0 Å². The van der Waals surface area contributed by atoms with Crippen LogP contribution in [-0.4, -0.2) is 54.8 Å². The van der Waals surface area contributed by atoms with Gasteiger partial charge in [-0.2, -0.15) is 0 Å². The Morgan fingerprint density at radius 3 is 2.48 bits per heavy atom. The number of rotatable bonds is 6. The Morgan fingerprint density at radius 2 is 2.04 bits per heavy atom. The average Bonchev–Trinajstić information content (AvgIpc) is 3.13. The van der Waals surface area contributed by atoms with Gasteiger partial charge in [-0.3, -0.25) is 4.79 Å². The van der Waals surface area contributed by atoms with Gasteiger partial charge < -0.3 is 22.2 Å². The number of carbonyl (C=O) groups is 1. The molecular formula is C16H25ClN4OS3. The minimum absolute atomic E-state index is 0. The summed E-state index contributed by atoms with van der Waals surface area (Å²) >= 11 is 7.25. The third-order valence-corrected chi connectivity index (χ3v) is 4.95. The van der Waals surface area contributed by atoms with E-state index in [0.29, 0.717) is 9.91 Å². The molecule has 0 aliphatic rings. The molecule has 2 aromatic rings. The predicted molar refractivity (Wildman–Crippen MR) is 106 cm³/mol. The number of hydrogen-bond acceptors (Lipinski definition) is 6. The van der Waals surface area contributed by atoms with Crippen LogP contribution in [0.2, 0.25) is 0 Å². The fraction of sp³-hybridized carbons (Fsp3) is 0.438. The smallest absolute Gasteiger partial charge is 0.246 e. The van der Waals surface area contributed by atoms with Gasteiger partial charge in [0.2, 0.25) is 5.91 Å². The summed E-state index contributed by atoms with van der Waals surface area (Å²) in [7, 11) is 6.42. The first-order valence-corrected chi connectivity index (χ1v) is 9.64. The standard InChI is InChI=1S/C10H20N2O.C6H4N2S3.ClH/c1-9(2)10(13)11-7-6-8-12(3,4)5;9-6-8-7-5(11-6)4-2-1-3-10-4;/h1,6-8H2,2-5H3;1-3H,(H,8,9);1H. The molecule has 0 saturated heterocycles. The van der Waals surface area contributed by atoms with Crippen molar-refractivity contribution in [1.82, 2.24) is 15.5 Å². The van der Waals surface area contributed by atoms with Crippen molar-refractivity contribution in [2.45, 2.75) is 17.7 Å². The van der Waals surface area contributed by atoms with Crippen molar-refractivity contribution >= 4 is 41.2 Å². The number of hydrogen-bond donors (Lipinski definition) is 2. The minimum Gasteiger partial charge on any atom is -1.00 e. The molecule has 1 amide bonds. The molecule has 0 aliphatic carbocycles. The molecule has 2 heterocycles. The first-order valence-electron chi connectivity index (χ1n) is 7.49. The maximum Gasteiger partial charge on any atom is 0.246 e. The zero-order valence-corrected chi connectivity index (χ0v) is 18.2. The summed E-state index contributed by atoms with van der Waals surface area (Å²) in [5.74, 6) is -0.0404. The molecule has 0 spiro atoms. The molecule has 0 aliphatic heterocycles. The van der Waals surface area contributed by atoms with Gasteiger partial charge in [-0.1, -0.05) is 24.0 Å². The van der Waals surface area contributed by atoms with Gasteiger partial charge in [-0.05, 0) is 18.4 Å². The topological polar surface area (TPSA) is 54.9 Å². The van der Waals surface area contributed by atoms with Crippen LogP contribution in [0, 0.1) is 0 Å². The second-order valence-corrected chi connectivity index (χ2v) is 8.92. The van der Waals surface area contributed by atoms with Crippen molar-refractivity contribution in [2.75, 3.05) is 34.2 Å². The van der Waals surface area contributed by atoms with E-state index in [0.717, 1.165) is 33.9 Å². The van der Waals surface area contributed by atoms with Gasteiger partial charge in [0.05, 0.1) is 32.6 Å². The molecule has 2 rings (SSSR count). The van der Waals surface area contributed by atoms with Crippen LogP contribution in [0.25, 0.3) is 9.88 Å². The van der Waals surface area contributed by atoms with Gasteiger partial charge >= 0.3 is 0 Å². The molecule has 0 aromatic carbocycles. The highest BCUT2D eigenvalue weighted by Crippen LogP contribution is 2.28. The van der Waals surface area contributed by atoms with Gasteiger partial charge in [0.25, 0.3) is 0 Å². The number of nitrogens with one attached hydrogen (secondary N) is 1. The van der Waals surface area contributed by atoms with Crippen molar-refractivity contribution in [1.29, 1.82) is 0 Å². The number of amides is 1. The van der Waals surface area contributed by atoms with Crippen LogP contribution in [0.1, 0.15) is 13.3 Å². The Bertz CT molecular complexity index is 651. The summed E-state index contributed by atoms with van der Waals surface area (Å²) in [4.78, 5) is 12.2. The number of quaternary nitrogens is 1. The molecule has 0 saturated carbocycles. The average molecular weight is 421 g/mol. The Kier molecular flexibility index (Phi) is 11.2. The van der Waals surface area contributed by atoms with E-state index < -0.39 is 0 Å². The Morgan fingerprint density at radius 1 is 1.36 bits per heavy atom. The molecule has 140 valence electrons. The lowest BCUT2D eigenvalue weighted by Crippen LogP contribution is -3.00. The first-order chi connectivity index (χ1) is 11.2. The van der Waals surface area contributed by atoms with Crippen LogP contribution in [0.4, 0.5) is 0 Å². The SMILES string of the molecule is C=C(C)C(=O)NCCC[N+](C)(C)C.Sc1nnc(-c2cccs2)s1.[Cl-]. The van der Waals surface area contributed by atoms with Crippen LogP contribution in [0.5, 0.6) is 0 Å². The number of nitrogens with zero attached hydrogens (tertiary/aromatic N) is 3. The summed E-state index contributed by atoms with van der Waals surface area (Å²) in [6.45, 7) is 7.09. The van der Waals surface area contributed by atoms with Crippen LogP contribution in [0.15, 0.2) is 34.0 Å². The van der Waals surface area contributed by atoms with E-state index in [-0.39, 0.29) is 18.3 Å². The number of thiophene rings is 1. The third-order valence-electron chi connectivity index (χ3n) is 2.83. The van der Waals surface area contributed by atoms with Crippen molar-refractivity contribution < 1.29 is 21.7 Å². The van der Waals surface area contributed by atoms with E-state index in [1.54, 1.807) is 18.3 Å². The number of thiol groups is 1. The van der Waals surface area contributed by atoms with Gasteiger partial charge in [0.1, 0.15) is 0 Å². The van der Waals surface area contributed by atoms with Gasteiger partial charge in [0.15, 0.2) is 9.35 Å². The van der Waals surface area contributed by atoms with Crippen molar-refractivity contribution in [3.63, 3.8) is 0 Å². The lowest BCUT2D eigenvalue weighted by Gasteiger charge is -2.23. The first kappa shape index (κ1) is 24.1. The molecule has 25 heavy (non-hydrogen) atoms. The fourth-order valence-corrected chi connectivity index (χ4v) is 3.30. The lowest BCUT2D eigenvalue weighted by atomic mass is 10.3. The van der Waals surface area contributed by atoms with E-state index in [2.05, 4.69) is 55.9 Å². The molecular weight excluding hydrogens is 396 g/mol. The highest BCUT2D eigenvalue weighted by atomic mass is 35.5. The monoisotopic (exact) mass is 420 g/mol. The van der Waals surface area contributed by atoms with E-state index in [9.17, 15) is 4.79 Å². The van der Waals surface area contributed by atoms with Gasteiger partial charge in [-0.15, -0.1) is 34.2 Å². The van der Waals surface area contributed by atoms with Crippen molar-refractivity contribution in [2.24, 2.45) is 0 Å². The molecule has 2 aromatic heterocycles.